The Morgan fingerprint density at radius 3 is 2.30 bits per heavy atom. The zero-order valence-corrected chi connectivity index (χ0v) is 19.2. The molecule has 0 aliphatic carbocycles. The lowest BCUT2D eigenvalue weighted by Crippen LogP contribution is -2.44. The Balaban J connectivity index is 2.12. The van der Waals surface area contributed by atoms with Crippen LogP contribution in [-0.2, 0) is 20.2 Å². The molecule has 2 aromatic carbocycles. The summed E-state index contributed by atoms with van der Waals surface area (Å²) in [7, 11) is -3.68. The van der Waals surface area contributed by atoms with Gasteiger partial charge in [-0.2, -0.15) is 0 Å². The van der Waals surface area contributed by atoms with E-state index >= 15 is 0 Å². The minimum Gasteiger partial charge on any atom is -0.492 e. The fourth-order valence-electron chi connectivity index (χ4n) is 3.60. The lowest BCUT2D eigenvalue weighted by Gasteiger charge is -2.30. The van der Waals surface area contributed by atoms with E-state index in [0.717, 1.165) is 17.0 Å². The molecule has 2 aromatic rings. The SMILES string of the molecule is CCOc1ccccc1N(CC(=O)NC(C)CC(C)(C)c1ccccc1)S(C)(=O)=O. The first-order valence-corrected chi connectivity index (χ1v) is 11.9. The van der Waals surface area contributed by atoms with Crippen molar-refractivity contribution in [3.8, 4) is 5.75 Å². The van der Waals surface area contributed by atoms with E-state index in [-0.39, 0.29) is 23.9 Å². The number of nitrogens with zero attached hydrogens (tertiary/aromatic N) is 1. The second kappa shape index (κ2) is 9.98. The number of hydrogen-bond donors (Lipinski definition) is 1. The molecule has 1 unspecified atom stereocenters. The van der Waals surface area contributed by atoms with Crippen molar-refractivity contribution in [3.05, 3.63) is 60.2 Å². The van der Waals surface area contributed by atoms with Crippen LogP contribution in [0.3, 0.4) is 0 Å². The number of ether oxygens (including phenoxy) is 1. The topological polar surface area (TPSA) is 75.7 Å². The van der Waals surface area contributed by atoms with Crippen molar-refractivity contribution in [1.29, 1.82) is 0 Å². The van der Waals surface area contributed by atoms with Crippen molar-refractivity contribution in [1.82, 2.24) is 5.32 Å². The van der Waals surface area contributed by atoms with Crippen LogP contribution in [0.1, 0.15) is 39.7 Å². The molecule has 164 valence electrons. The molecule has 0 heterocycles. The van der Waals surface area contributed by atoms with Crippen LogP contribution < -0.4 is 14.4 Å². The van der Waals surface area contributed by atoms with E-state index in [0.29, 0.717) is 18.0 Å². The van der Waals surface area contributed by atoms with E-state index in [4.69, 9.17) is 4.74 Å². The predicted molar refractivity (Wildman–Crippen MR) is 121 cm³/mol. The lowest BCUT2D eigenvalue weighted by molar-refractivity contribution is -0.120. The van der Waals surface area contributed by atoms with Gasteiger partial charge in [0.05, 0.1) is 18.6 Å². The maximum Gasteiger partial charge on any atom is 0.240 e. The molecule has 0 fully saturated rings. The van der Waals surface area contributed by atoms with Crippen molar-refractivity contribution < 1.29 is 17.9 Å². The molecule has 0 aromatic heterocycles. The molecule has 7 heteroatoms. The number of para-hydroxylation sites is 2. The minimum atomic E-state index is -3.68. The summed E-state index contributed by atoms with van der Waals surface area (Å²) in [6.45, 7) is 8.11. The van der Waals surface area contributed by atoms with E-state index in [1.54, 1.807) is 24.3 Å². The van der Waals surface area contributed by atoms with E-state index in [1.807, 2.05) is 32.0 Å². The van der Waals surface area contributed by atoms with Crippen molar-refractivity contribution in [2.45, 2.75) is 45.6 Å². The average Bonchev–Trinajstić information content (AvgIpc) is 2.66. The number of nitrogens with one attached hydrogen (secondary N) is 1. The molecule has 6 nitrogen and oxygen atoms in total. The van der Waals surface area contributed by atoms with E-state index in [9.17, 15) is 13.2 Å². The summed E-state index contributed by atoms with van der Waals surface area (Å²) in [5.41, 5.74) is 1.41. The Kier molecular flexibility index (Phi) is 7.89. The number of amides is 1. The summed E-state index contributed by atoms with van der Waals surface area (Å²) < 4.78 is 31.5. The molecular weight excluding hydrogens is 400 g/mol. The number of rotatable bonds is 10. The highest BCUT2D eigenvalue weighted by Gasteiger charge is 2.27. The fourth-order valence-corrected chi connectivity index (χ4v) is 4.46. The maximum absolute atomic E-state index is 12.7. The summed E-state index contributed by atoms with van der Waals surface area (Å²) >= 11 is 0. The molecule has 0 spiro atoms. The van der Waals surface area contributed by atoms with Crippen LogP contribution in [0.4, 0.5) is 5.69 Å². The number of anilines is 1. The molecule has 1 N–H and O–H groups in total. The maximum atomic E-state index is 12.7. The molecule has 0 aliphatic heterocycles. The van der Waals surface area contributed by atoms with Gasteiger partial charge < -0.3 is 10.1 Å². The molecule has 2 rings (SSSR count). The van der Waals surface area contributed by atoms with Gasteiger partial charge in [-0.15, -0.1) is 0 Å². The summed E-state index contributed by atoms with van der Waals surface area (Å²) in [6, 6.07) is 16.8. The molecule has 0 saturated carbocycles. The van der Waals surface area contributed by atoms with Gasteiger partial charge in [0, 0.05) is 6.04 Å². The highest BCUT2D eigenvalue weighted by molar-refractivity contribution is 7.92. The van der Waals surface area contributed by atoms with Gasteiger partial charge in [-0.25, -0.2) is 8.42 Å². The van der Waals surface area contributed by atoms with Crippen LogP contribution in [0.15, 0.2) is 54.6 Å². The molecule has 0 bridgehead atoms. The van der Waals surface area contributed by atoms with Gasteiger partial charge >= 0.3 is 0 Å². The lowest BCUT2D eigenvalue weighted by atomic mass is 9.79. The Bertz CT molecular complexity index is 943. The van der Waals surface area contributed by atoms with Crippen LogP contribution in [0, 0.1) is 0 Å². The zero-order chi connectivity index (χ0) is 22.4. The number of carbonyl (C=O) groups excluding carboxylic acids is 1. The zero-order valence-electron chi connectivity index (χ0n) is 18.4. The van der Waals surface area contributed by atoms with Crippen molar-refractivity contribution >= 4 is 21.6 Å². The van der Waals surface area contributed by atoms with E-state index < -0.39 is 10.0 Å². The van der Waals surface area contributed by atoms with Crippen LogP contribution >= 0.6 is 0 Å². The third-order valence-electron chi connectivity index (χ3n) is 4.90. The van der Waals surface area contributed by atoms with Gasteiger partial charge in [0.15, 0.2) is 0 Å². The first-order valence-electron chi connectivity index (χ1n) is 10.1. The monoisotopic (exact) mass is 432 g/mol. The number of hydrogen-bond acceptors (Lipinski definition) is 4. The van der Waals surface area contributed by atoms with Gasteiger partial charge in [0.1, 0.15) is 12.3 Å². The highest BCUT2D eigenvalue weighted by atomic mass is 32.2. The number of benzene rings is 2. The van der Waals surface area contributed by atoms with Gasteiger partial charge in [-0.05, 0) is 43.4 Å². The third-order valence-corrected chi connectivity index (χ3v) is 6.03. The summed E-state index contributed by atoms with van der Waals surface area (Å²) in [5.74, 6) is 0.0690. The fraction of sp³-hybridized carbons (Fsp3) is 0.435. The van der Waals surface area contributed by atoms with Crippen LogP contribution in [-0.4, -0.2) is 39.8 Å². The Morgan fingerprint density at radius 2 is 1.70 bits per heavy atom. The molecule has 0 saturated heterocycles. The van der Waals surface area contributed by atoms with Crippen LogP contribution in [0.25, 0.3) is 0 Å². The quantitative estimate of drug-likeness (QED) is 0.621. The summed E-state index contributed by atoms with van der Waals surface area (Å²) in [6.07, 6.45) is 1.81. The Hall–Kier alpha value is -2.54. The van der Waals surface area contributed by atoms with Gasteiger partial charge in [0.2, 0.25) is 15.9 Å². The number of carbonyl (C=O) groups is 1. The standard InChI is InChI=1S/C23H32N2O4S/c1-6-29-21-15-11-10-14-20(21)25(30(5,27)28)17-22(26)24-18(2)16-23(3,4)19-12-8-7-9-13-19/h7-15,18H,6,16-17H2,1-5H3,(H,24,26). The highest BCUT2D eigenvalue weighted by Crippen LogP contribution is 2.30. The van der Waals surface area contributed by atoms with Crippen LogP contribution in [0.2, 0.25) is 0 Å². The molecule has 30 heavy (non-hydrogen) atoms. The van der Waals surface area contributed by atoms with Gasteiger partial charge in [0.25, 0.3) is 0 Å². The Labute approximate surface area is 180 Å². The average molecular weight is 433 g/mol. The van der Waals surface area contributed by atoms with Gasteiger partial charge in [-0.3, -0.25) is 9.10 Å². The largest absolute Gasteiger partial charge is 0.492 e. The molecule has 0 radical (unpaired) electrons. The second-order valence-electron chi connectivity index (χ2n) is 8.09. The summed E-state index contributed by atoms with van der Waals surface area (Å²) in [5, 5.41) is 2.94. The van der Waals surface area contributed by atoms with Crippen molar-refractivity contribution in [2.75, 3.05) is 23.7 Å². The third kappa shape index (κ3) is 6.49. The first-order chi connectivity index (χ1) is 14.0. The summed E-state index contributed by atoms with van der Waals surface area (Å²) in [4.78, 5) is 12.7. The minimum absolute atomic E-state index is 0.128. The normalized spacial score (nSPS) is 12.8. The van der Waals surface area contributed by atoms with Crippen molar-refractivity contribution in [3.63, 3.8) is 0 Å². The molecule has 1 amide bonds. The smallest absolute Gasteiger partial charge is 0.240 e. The molecule has 0 aliphatic rings. The van der Waals surface area contributed by atoms with E-state index in [1.165, 1.54) is 5.56 Å². The van der Waals surface area contributed by atoms with Crippen LogP contribution in [0.5, 0.6) is 5.75 Å². The first kappa shape index (κ1) is 23.7. The van der Waals surface area contributed by atoms with Gasteiger partial charge in [-0.1, -0.05) is 56.3 Å². The van der Waals surface area contributed by atoms with Crippen molar-refractivity contribution in [2.24, 2.45) is 0 Å². The number of sulfonamides is 1. The predicted octanol–water partition coefficient (Wildman–Crippen LogP) is 3.72. The van der Waals surface area contributed by atoms with E-state index in [2.05, 4.69) is 31.3 Å². The molecular formula is C23H32N2O4S. The Morgan fingerprint density at radius 1 is 1.10 bits per heavy atom. The molecule has 1 atom stereocenters. The second-order valence-corrected chi connectivity index (χ2v) is 10.00.